The van der Waals surface area contributed by atoms with Crippen LogP contribution in [0.5, 0.6) is 11.5 Å². The number of amides is 2. The van der Waals surface area contributed by atoms with E-state index in [1.54, 1.807) is 23.1 Å². The Labute approximate surface area is 206 Å². The molecule has 1 aliphatic rings. The molecule has 0 radical (unpaired) electrons. The van der Waals surface area contributed by atoms with Crippen LogP contribution < -0.4 is 14.2 Å². The van der Waals surface area contributed by atoms with E-state index >= 15 is 0 Å². The minimum atomic E-state index is -4.18. The normalized spacial score (nSPS) is 15.6. The molecular formula is C25H32N2O7S. The summed E-state index contributed by atoms with van der Waals surface area (Å²) >= 11 is 0. The number of anilines is 1. The number of methoxy groups -OCH3 is 1. The summed E-state index contributed by atoms with van der Waals surface area (Å²) in [5.41, 5.74) is 1.17. The summed E-state index contributed by atoms with van der Waals surface area (Å²) in [5, 5.41) is 2.58. The van der Waals surface area contributed by atoms with Gasteiger partial charge in [-0.05, 0) is 54.8 Å². The van der Waals surface area contributed by atoms with Gasteiger partial charge >= 0.3 is 10.1 Å². The molecule has 2 aromatic carbocycles. The number of nitrogens with one attached hydrogen (secondary N) is 1. The van der Waals surface area contributed by atoms with E-state index in [4.69, 9.17) is 13.7 Å². The van der Waals surface area contributed by atoms with Crippen LogP contribution in [0.1, 0.15) is 39.2 Å². The van der Waals surface area contributed by atoms with Gasteiger partial charge in [-0.2, -0.15) is 8.42 Å². The van der Waals surface area contributed by atoms with Crippen molar-refractivity contribution in [3.05, 3.63) is 48.0 Å². The Kier molecular flexibility index (Phi) is 8.74. The van der Waals surface area contributed by atoms with Crippen LogP contribution in [-0.4, -0.2) is 51.5 Å². The van der Waals surface area contributed by atoms with Gasteiger partial charge in [0.05, 0.1) is 13.2 Å². The lowest BCUT2D eigenvalue weighted by Crippen LogP contribution is -2.39. The van der Waals surface area contributed by atoms with E-state index < -0.39 is 10.1 Å². The van der Waals surface area contributed by atoms with Crippen molar-refractivity contribution in [3.8, 4) is 11.5 Å². The molecule has 10 heteroatoms. The van der Waals surface area contributed by atoms with Gasteiger partial charge in [-0.25, -0.2) is 0 Å². The van der Waals surface area contributed by atoms with Crippen LogP contribution in [0.15, 0.2) is 47.4 Å². The van der Waals surface area contributed by atoms with Crippen molar-refractivity contribution < 1.29 is 31.7 Å². The fourth-order valence-electron chi connectivity index (χ4n) is 3.81. The van der Waals surface area contributed by atoms with Crippen LogP contribution in [0.4, 0.5) is 5.69 Å². The van der Waals surface area contributed by atoms with Crippen molar-refractivity contribution >= 4 is 27.6 Å². The zero-order valence-corrected chi connectivity index (χ0v) is 21.3. The van der Waals surface area contributed by atoms with Gasteiger partial charge in [-0.15, -0.1) is 0 Å². The van der Waals surface area contributed by atoms with Gasteiger partial charge in [0.25, 0.3) is 0 Å². The van der Waals surface area contributed by atoms with Gasteiger partial charge < -0.3 is 23.9 Å². The first kappa shape index (κ1) is 26.5. The summed E-state index contributed by atoms with van der Waals surface area (Å²) in [5.74, 6) is -0.196. The predicted molar refractivity (Wildman–Crippen MR) is 131 cm³/mol. The molecule has 1 heterocycles. The molecule has 1 unspecified atom stereocenters. The standard InChI is InChI=1S/C25H32N2O7S/c1-17(2)25(29)27(16-21-6-5-13-33-21)15-19-7-12-23(32-4)24(14-19)34-35(30,31)22-10-8-20(9-11-22)26-18(3)28/h7-12,14,17,21H,5-6,13,15-16H2,1-4H3,(H,26,28). The van der Waals surface area contributed by atoms with E-state index in [2.05, 4.69) is 5.32 Å². The third-order valence-electron chi connectivity index (χ3n) is 5.52. The third-order valence-corrected chi connectivity index (χ3v) is 6.77. The number of nitrogens with zero attached hydrogens (tertiary/aromatic N) is 1. The highest BCUT2D eigenvalue weighted by Crippen LogP contribution is 2.32. The zero-order chi connectivity index (χ0) is 25.6. The van der Waals surface area contributed by atoms with Gasteiger partial charge in [0.2, 0.25) is 11.8 Å². The lowest BCUT2D eigenvalue weighted by molar-refractivity contribution is -0.136. The van der Waals surface area contributed by atoms with Crippen molar-refractivity contribution in [2.75, 3.05) is 25.6 Å². The monoisotopic (exact) mass is 504 g/mol. The SMILES string of the molecule is COc1ccc(CN(CC2CCCO2)C(=O)C(C)C)cc1OS(=O)(=O)c1ccc(NC(C)=O)cc1. The fourth-order valence-corrected chi connectivity index (χ4v) is 4.74. The van der Waals surface area contributed by atoms with E-state index in [0.29, 0.717) is 24.4 Å². The maximum atomic E-state index is 12.9. The maximum absolute atomic E-state index is 12.9. The molecule has 0 aliphatic carbocycles. The molecule has 2 amide bonds. The second-order valence-corrected chi connectivity index (χ2v) is 10.3. The Morgan fingerprint density at radius 2 is 1.86 bits per heavy atom. The first-order chi connectivity index (χ1) is 16.6. The molecule has 1 N–H and O–H groups in total. The van der Waals surface area contributed by atoms with Crippen molar-refractivity contribution in [2.45, 2.75) is 51.2 Å². The van der Waals surface area contributed by atoms with Crippen LogP contribution in [0, 0.1) is 5.92 Å². The number of rotatable bonds is 10. The van der Waals surface area contributed by atoms with Crippen LogP contribution in [0.25, 0.3) is 0 Å². The first-order valence-corrected chi connectivity index (χ1v) is 12.9. The average Bonchev–Trinajstić information content (AvgIpc) is 3.31. The zero-order valence-electron chi connectivity index (χ0n) is 20.4. The number of hydrogen-bond acceptors (Lipinski definition) is 7. The van der Waals surface area contributed by atoms with E-state index in [-0.39, 0.29) is 46.8 Å². The second kappa shape index (κ2) is 11.5. The minimum Gasteiger partial charge on any atom is -0.493 e. The Balaban J connectivity index is 1.82. The number of ether oxygens (including phenoxy) is 2. The van der Waals surface area contributed by atoms with Crippen molar-refractivity contribution in [1.82, 2.24) is 4.90 Å². The molecule has 9 nitrogen and oxygen atoms in total. The highest BCUT2D eigenvalue weighted by molar-refractivity contribution is 7.87. The summed E-state index contributed by atoms with van der Waals surface area (Å²) in [6.45, 7) is 6.50. The molecule has 1 saturated heterocycles. The van der Waals surface area contributed by atoms with Crippen LogP contribution in [0.2, 0.25) is 0 Å². The first-order valence-electron chi connectivity index (χ1n) is 11.5. The Hall–Kier alpha value is -3.11. The van der Waals surface area contributed by atoms with Crippen LogP contribution >= 0.6 is 0 Å². The molecule has 0 bridgehead atoms. The van der Waals surface area contributed by atoms with E-state index in [1.165, 1.54) is 38.3 Å². The third kappa shape index (κ3) is 7.19. The molecule has 0 aromatic heterocycles. The largest absolute Gasteiger partial charge is 0.493 e. The number of carbonyl (C=O) groups is 2. The summed E-state index contributed by atoms with van der Waals surface area (Å²) in [6, 6.07) is 10.6. The predicted octanol–water partition coefficient (Wildman–Crippen LogP) is 3.58. The minimum absolute atomic E-state index is 0.00694. The topological polar surface area (TPSA) is 111 Å². The Morgan fingerprint density at radius 1 is 1.14 bits per heavy atom. The lowest BCUT2D eigenvalue weighted by Gasteiger charge is -2.27. The molecule has 1 fully saturated rings. The highest BCUT2D eigenvalue weighted by atomic mass is 32.2. The average molecular weight is 505 g/mol. The smallest absolute Gasteiger partial charge is 0.339 e. The molecule has 1 atom stereocenters. The molecule has 190 valence electrons. The Bertz CT molecular complexity index is 1140. The van der Waals surface area contributed by atoms with Gasteiger partial charge in [0, 0.05) is 38.2 Å². The maximum Gasteiger partial charge on any atom is 0.339 e. The molecule has 3 rings (SSSR count). The molecule has 1 aliphatic heterocycles. The van der Waals surface area contributed by atoms with E-state index in [0.717, 1.165) is 12.8 Å². The van der Waals surface area contributed by atoms with Crippen molar-refractivity contribution in [1.29, 1.82) is 0 Å². The van der Waals surface area contributed by atoms with Gasteiger partial charge in [0.15, 0.2) is 11.5 Å². The quantitative estimate of drug-likeness (QED) is 0.492. The van der Waals surface area contributed by atoms with E-state index in [9.17, 15) is 18.0 Å². The molecule has 0 saturated carbocycles. The summed E-state index contributed by atoms with van der Waals surface area (Å²) < 4.78 is 42.3. The van der Waals surface area contributed by atoms with Crippen LogP contribution in [0.3, 0.4) is 0 Å². The van der Waals surface area contributed by atoms with Crippen molar-refractivity contribution in [2.24, 2.45) is 5.92 Å². The number of carbonyl (C=O) groups excluding carboxylic acids is 2. The van der Waals surface area contributed by atoms with Gasteiger partial charge in [-0.3, -0.25) is 9.59 Å². The molecule has 2 aromatic rings. The Morgan fingerprint density at radius 3 is 2.43 bits per heavy atom. The molecule has 0 spiro atoms. The van der Waals surface area contributed by atoms with Crippen LogP contribution in [-0.2, 0) is 31.0 Å². The molecular weight excluding hydrogens is 472 g/mol. The lowest BCUT2D eigenvalue weighted by atomic mass is 10.1. The summed E-state index contributed by atoms with van der Waals surface area (Å²) in [4.78, 5) is 25.7. The van der Waals surface area contributed by atoms with E-state index in [1.807, 2.05) is 13.8 Å². The molecule has 35 heavy (non-hydrogen) atoms. The van der Waals surface area contributed by atoms with Crippen molar-refractivity contribution in [3.63, 3.8) is 0 Å². The van der Waals surface area contributed by atoms with Gasteiger partial charge in [-0.1, -0.05) is 19.9 Å². The number of hydrogen-bond donors (Lipinski definition) is 1. The highest BCUT2D eigenvalue weighted by Gasteiger charge is 2.25. The fraction of sp³-hybridized carbons (Fsp3) is 0.440. The number of benzene rings is 2. The second-order valence-electron chi connectivity index (χ2n) is 8.74. The summed E-state index contributed by atoms with van der Waals surface area (Å²) in [7, 11) is -2.76. The summed E-state index contributed by atoms with van der Waals surface area (Å²) in [6.07, 6.45) is 1.86. The van der Waals surface area contributed by atoms with Gasteiger partial charge in [0.1, 0.15) is 4.90 Å².